The molecule has 1 atom stereocenters. The summed E-state index contributed by atoms with van der Waals surface area (Å²) in [5.41, 5.74) is 6.95. The van der Waals surface area contributed by atoms with Crippen molar-refractivity contribution in [3.05, 3.63) is 23.5 Å². The predicted octanol–water partition coefficient (Wildman–Crippen LogP) is 2.94. The van der Waals surface area contributed by atoms with Crippen molar-refractivity contribution in [2.24, 2.45) is 0 Å². The molecule has 6 nitrogen and oxygen atoms in total. The van der Waals surface area contributed by atoms with Crippen LogP contribution in [0.2, 0.25) is 0 Å². The fourth-order valence-corrected chi connectivity index (χ4v) is 1.83. The van der Waals surface area contributed by atoms with Crippen LogP contribution in [0.25, 0.3) is 6.08 Å². The fraction of sp³-hybridized carbons (Fsp3) is 0.562. The highest BCUT2D eigenvalue weighted by molar-refractivity contribution is 5.68. The Morgan fingerprint density at radius 1 is 1.50 bits per heavy atom. The summed E-state index contributed by atoms with van der Waals surface area (Å²) in [6.45, 7) is 9.46. The number of alkyl carbamates (subject to hydrolysis) is 1. The molecule has 0 fully saturated rings. The minimum Gasteiger partial charge on any atom is -0.444 e. The largest absolute Gasteiger partial charge is 0.444 e. The lowest BCUT2D eigenvalue weighted by Gasteiger charge is -2.21. The first-order valence-corrected chi connectivity index (χ1v) is 7.48. The molecule has 0 radical (unpaired) electrons. The number of hydrogen-bond donors (Lipinski definition) is 2. The zero-order valence-corrected chi connectivity index (χ0v) is 14.0. The zero-order valence-electron chi connectivity index (χ0n) is 14.0. The van der Waals surface area contributed by atoms with Gasteiger partial charge in [0, 0.05) is 17.8 Å². The number of aromatic nitrogens is 2. The van der Waals surface area contributed by atoms with Crippen LogP contribution in [0.3, 0.4) is 0 Å². The normalized spacial score (nSPS) is 13.1. The van der Waals surface area contributed by atoms with Crippen molar-refractivity contribution in [1.29, 1.82) is 0 Å². The molecule has 3 N–H and O–H groups in total. The third-order valence-corrected chi connectivity index (χ3v) is 2.80. The van der Waals surface area contributed by atoms with E-state index in [1.807, 2.05) is 46.8 Å². The van der Waals surface area contributed by atoms with Gasteiger partial charge >= 0.3 is 6.09 Å². The van der Waals surface area contributed by atoms with Crippen molar-refractivity contribution >= 4 is 18.1 Å². The van der Waals surface area contributed by atoms with Crippen molar-refractivity contribution in [1.82, 2.24) is 15.3 Å². The number of anilines is 1. The van der Waals surface area contributed by atoms with Crippen molar-refractivity contribution in [3.8, 4) is 0 Å². The van der Waals surface area contributed by atoms with Crippen molar-refractivity contribution in [2.45, 2.75) is 59.1 Å². The molecule has 122 valence electrons. The number of nitrogens with one attached hydrogen (secondary N) is 1. The Morgan fingerprint density at radius 2 is 2.18 bits per heavy atom. The van der Waals surface area contributed by atoms with E-state index in [1.165, 1.54) is 0 Å². The fourth-order valence-electron chi connectivity index (χ4n) is 1.83. The van der Waals surface area contributed by atoms with E-state index >= 15 is 0 Å². The number of amides is 1. The molecule has 0 aliphatic carbocycles. The average Bonchev–Trinajstić information content (AvgIpc) is 2.37. The van der Waals surface area contributed by atoms with Gasteiger partial charge in [-0.25, -0.2) is 14.8 Å². The number of rotatable bonds is 5. The van der Waals surface area contributed by atoms with Gasteiger partial charge in [0.1, 0.15) is 5.60 Å². The quantitative estimate of drug-likeness (QED) is 0.873. The van der Waals surface area contributed by atoms with Crippen LogP contribution >= 0.6 is 0 Å². The molecule has 0 bridgehead atoms. The highest BCUT2D eigenvalue weighted by Crippen LogP contribution is 2.11. The number of nitrogens with two attached hydrogens (primary N) is 1. The number of aryl methyl sites for hydroxylation is 1. The van der Waals surface area contributed by atoms with E-state index in [9.17, 15) is 4.79 Å². The second kappa shape index (κ2) is 7.77. The number of carbonyl (C=O) groups is 1. The summed E-state index contributed by atoms with van der Waals surface area (Å²) in [6.07, 6.45) is 6.72. The number of ether oxygens (including phenoxy) is 1. The first-order chi connectivity index (χ1) is 10.2. The van der Waals surface area contributed by atoms with Gasteiger partial charge in [-0.1, -0.05) is 19.1 Å². The third-order valence-electron chi connectivity index (χ3n) is 2.80. The maximum Gasteiger partial charge on any atom is 0.407 e. The van der Waals surface area contributed by atoms with Crippen LogP contribution < -0.4 is 11.1 Å². The van der Waals surface area contributed by atoms with Crippen LogP contribution in [0.5, 0.6) is 0 Å². The van der Waals surface area contributed by atoms with E-state index in [-0.39, 0.29) is 12.0 Å². The minimum absolute atomic E-state index is 0.0223. The molecular formula is C16H26N4O2. The van der Waals surface area contributed by atoms with E-state index in [1.54, 1.807) is 6.20 Å². The van der Waals surface area contributed by atoms with Gasteiger partial charge in [0.15, 0.2) is 0 Å². The number of hydrogen-bond acceptors (Lipinski definition) is 5. The molecule has 1 heterocycles. The molecule has 0 saturated carbocycles. The Balaban J connectivity index is 2.53. The van der Waals surface area contributed by atoms with Crippen LogP contribution in [0.15, 0.2) is 12.3 Å². The zero-order chi connectivity index (χ0) is 16.8. The highest BCUT2D eigenvalue weighted by atomic mass is 16.6. The predicted molar refractivity (Wildman–Crippen MR) is 88.3 cm³/mol. The summed E-state index contributed by atoms with van der Waals surface area (Å²) >= 11 is 0. The topological polar surface area (TPSA) is 90.1 Å². The van der Waals surface area contributed by atoms with Gasteiger partial charge < -0.3 is 15.8 Å². The maximum atomic E-state index is 11.6. The van der Waals surface area contributed by atoms with Crippen molar-refractivity contribution < 1.29 is 9.53 Å². The molecule has 1 rings (SSSR count). The SMILES string of the molecule is CCc1nc(N)ncc1/C=C/C[C@H](C)NC(=O)OC(C)(C)C. The van der Waals surface area contributed by atoms with E-state index in [4.69, 9.17) is 10.5 Å². The van der Waals surface area contributed by atoms with Gasteiger partial charge in [0.25, 0.3) is 0 Å². The Labute approximate surface area is 132 Å². The van der Waals surface area contributed by atoms with Crippen LogP contribution in [-0.4, -0.2) is 27.7 Å². The van der Waals surface area contributed by atoms with Crippen molar-refractivity contribution in [2.75, 3.05) is 5.73 Å². The first-order valence-electron chi connectivity index (χ1n) is 7.48. The molecule has 0 spiro atoms. The van der Waals surface area contributed by atoms with E-state index in [2.05, 4.69) is 15.3 Å². The lowest BCUT2D eigenvalue weighted by Crippen LogP contribution is -2.37. The van der Waals surface area contributed by atoms with Gasteiger partial charge in [-0.3, -0.25) is 0 Å². The molecular weight excluding hydrogens is 280 g/mol. The van der Waals surface area contributed by atoms with E-state index in [0.29, 0.717) is 6.42 Å². The van der Waals surface area contributed by atoms with Gasteiger partial charge in [0.2, 0.25) is 5.95 Å². The number of nitrogen functional groups attached to an aromatic ring is 1. The van der Waals surface area contributed by atoms with Gasteiger partial charge in [-0.05, 0) is 40.5 Å². The molecule has 1 aromatic heterocycles. The second-order valence-electron chi connectivity index (χ2n) is 6.17. The molecule has 0 unspecified atom stereocenters. The lowest BCUT2D eigenvalue weighted by atomic mass is 10.1. The monoisotopic (exact) mass is 306 g/mol. The summed E-state index contributed by atoms with van der Waals surface area (Å²) in [4.78, 5) is 19.9. The number of carbonyl (C=O) groups excluding carboxylic acids is 1. The van der Waals surface area contributed by atoms with E-state index < -0.39 is 11.7 Å². The molecule has 0 aliphatic heterocycles. The van der Waals surface area contributed by atoms with Gasteiger partial charge in [0.05, 0.1) is 5.69 Å². The van der Waals surface area contributed by atoms with Crippen molar-refractivity contribution in [3.63, 3.8) is 0 Å². The lowest BCUT2D eigenvalue weighted by molar-refractivity contribution is 0.0509. The van der Waals surface area contributed by atoms with Crippen LogP contribution in [0.4, 0.5) is 10.7 Å². The molecule has 1 aromatic rings. The smallest absolute Gasteiger partial charge is 0.407 e. The second-order valence-corrected chi connectivity index (χ2v) is 6.17. The highest BCUT2D eigenvalue weighted by Gasteiger charge is 2.17. The molecule has 22 heavy (non-hydrogen) atoms. The standard InChI is InChI=1S/C16H26N4O2/c1-6-13-12(10-18-14(17)20-13)9-7-8-11(2)19-15(21)22-16(3,4)5/h7,9-11H,6,8H2,1-5H3,(H,19,21)(H2,17,18,20)/b9-7+/t11-/m0/s1. The van der Waals surface area contributed by atoms with Crippen LogP contribution in [0.1, 0.15) is 52.3 Å². The Bertz CT molecular complexity index is 535. The Hall–Kier alpha value is -2.11. The maximum absolute atomic E-state index is 11.6. The third kappa shape index (κ3) is 6.56. The summed E-state index contributed by atoms with van der Waals surface area (Å²) in [6, 6.07) is -0.0223. The molecule has 0 aromatic carbocycles. The van der Waals surface area contributed by atoms with Crippen LogP contribution in [-0.2, 0) is 11.2 Å². The summed E-state index contributed by atoms with van der Waals surface area (Å²) in [5, 5.41) is 2.80. The number of nitrogens with zero attached hydrogens (tertiary/aromatic N) is 2. The van der Waals surface area contributed by atoms with Crippen LogP contribution in [0, 0.1) is 0 Å². The average molecular weight is 306 g/mol. The summed E-state index contributed by atoms with van der Waals surface area (Å²) in [7, 11) is 0. The molecule has 0 saturated heterocycles. The molecule has 0 aliphatic rings. The van der Waals surface area contributed by atoms with E-state index in [0.717, 1.165) is 17.7 Å². The molecule has 6 heteroatoms. The summed E-state index contributed by atoms with van der Waals surface area (Å²) in [5.74, 6) is 0.286. The first kappa shape index (κ1) is 17.9. The Morgan fingerprint density at radius 3 is 2.77 bits per heavy atom. The Kier molecular flexibility index (Phi) is 6.34. The van der Waals surface area contributed by atoms with Gasteiger partial charge in [-0.2, -0.15) is 0 Å². The summed E-state index contributed by atoms with van der Waals surface area (Å²) < 4.78 is 5.21. The van der Waals surface area contributed by atoms with Gasteiger partial charge in [-0.15, -0.1) is 0 Å². The minimum atomic E-state index is -0.489. The molecule has 1 amide bonds.